The molecule has 1 atom stereocenters. The van der Waals surface area contributed by atoms with Gasteiger partial charge in [-0.15, -0.1) is 11.3 Å². The van der Waals surface area contributed by atoms with Crippen LogP contribution in [0, 0.1) is 0 Å². The van der Waals surface area contributed by atoms with Gasteiger partial charge >= 0.3 is 0 Å². The van der Waals surface area contributed by atoms with Gasteiger partial charge in [0.1, 0.15) is 5.82 Å². The van der Waals surface area contributed by atoms with Crippen LogP contribution < -0.4 is 16.0 Å². The largest absolute Gasteiger partial charge is 0.372 e. The molecule has 0 bridgehead atoms. The Labute approximate surface area is 257 Å². The Morgan fingerprint density at radius 1 is 1.07 bits per heavy atom. The van der Waals surface area contributed by atoms with Crippen LogP contribution in [0.3, 0.4) is 0 Å². The molecule has 9 nitrogen and oxygen atoms in total. The van der Waals surface area contributed by atoms with Crippen LogP contribution in [0.25, 0.3) is 33.0 Å². The number of rotatable bonds is 15. The Morgan fingerprint density at radius 2 is 1.86 bits per heavy atom. The highest BCUT2D eigenvalue weighted by Crippen LogP contribution is 2.31. The highest BCUT2D eigenvalue weighted by atomic mass is 32.1. The average molecular weight is 599 g/mol. The number of imidazole rings is 1. The van der Waals surface area contributed by atoms with Gasteiger partial charge in [0.15, 0.2) is 0 Å². The monoisotopic (exact) mass is 598 g/mol. The molecule has 5 rings (SSSR count). The van der Waals surface area contributed by atoms with Gasteiger partial charge in [-0.05, 0) is 101 Å². The van der Waals surface area contributed by atoms with Crippen molar-refractivity contribution < 1.29 is 4.79 Å². The molecule has 0 saturated heterocycles. The number of benzene rings is 2. The number of carbonyl (C=O) groups is 1. The third-order valence-corrected chi connectivity index (χ3v) is 8.89. The highest BCUT2D eigenvalue weighted by molar-refractivity contribution is 7.15. The van der Waals surface area contributed by atoms with E-state index in [2.05, 4.69) is 112 Å². The number of hydrogen-bond acceptors (Lipinski definition) is 7. The topological polar surface area (TPSA) is 108 Å². The number of nitrogens with two attached hydrogens (primary N) is 1. The fraction of sp³-hybridized carbons (Fsp3) is 0.364. The third kappa shape index (κ3) is 7.33. The van der Waals surface area contributed by atoms with E-state index in [1.807, 2.05) is 6.07 Å². The zero-order chi connectivity index (χ0) is 30.3. The first kappa shape index (κ1) is 30.5. The van der Waals surface area contributed by atoms with Crippen molar-refractivity contribution in [2.75, 3.05) is 38.6 Å². The second-order valence-corrected chi connectivity index (χ2v) is 12.2. The van der Waals surface area contributed by atoms with E-state index in [9.17, 15) is 4.79 Å². The summed E-state index contributed by atoms with van der Waals surface area (Å²) in [4.78, 5) is 24.1. The molecule has 3 aromatic heterocycles. The number of aromatic nitrogens is 4. The number of aryl methyl sites for hydroxylation is 1. The van der Waals surface area contributed by atoms with Gasteiger partial charge in [0, 0.05) is 61.0 Å². The minimum atomic E-state index is -0.342. The predicted octanol–water partition coefficient (Wildman–Crippen LogP) is 5.66. The Balaban J connectivity index is 1.44. The summed E-state index contributed by atoms with van der Waals surface area (Å²) in [5, 5.41) is 10.6. The summed E-state index contributed by atoms with van der Waals surface area (Å²) in [7, 11) is 4.21. The predicted molar refractivity (Wildman–Crippen MR) is 177 cm³/mol. The molecule has 1 unspecified atom stereocenters. The van der Waals surface area contributed by atoms with E-state index in [1.54, 1.807) is 17.5 Å². The van der Waals surface area contributed by atoms with Crippen LogP contribution in [0.15, 0.2) is 66.9 Å². The minimum Gasteiger partial charge on any atom is -0.372 e. The SMILES string of the molecule is CCN(CC)c1ccc(-c2nc3cc(C(CC(N)=O)NCc4ccc(-c5ccn[nH]5)s4)ccc3n2CCCN(C)C)cc1. The van der Waals surface area contributed by atoms with Crippen LogP contribution in [0.5, 0.6) is 0 Å². The molecule has 226 valence electrons. The van der Waals surface area contributed by atoms with Crippen LogP contribution in [-0.2, 0) is 17.9 Å². The summed E-state index contributed by atoms with van der Waals surface area (Å²) in [6, 6.07) is 21.0. The van der Waals surface area contributed by atoms with E-state index in [0.717, 1.165) is 71.2 Å². The number of aromatic amines is 1. The number of nitrogens with one attached hydrogen (secondary N) is 2. The second kappa shape index (κ2) is 14.0. The zero-order valence-corrected chi connectivity index (χ0v) is 26.3. The van der Waals surface area contributed by atoms with Crippen molar-refractivity contribution >= 4 is 34.0 Å². The molecule has 0 aliphatic carbocycles. The van der Waals surface area contributed by atoms with E-state index in [0.29, 0.717) is 6.54 Å². The quantitative estimate of drug-likeness (QED) is 0.144. The van der Waals surface area contributed by atoms with Crippen LogP contribution in [0.1, 0.15) is 43.2 Å². The third-order valence-electron chi connectivity index (χ3n) is 7.77. The maximum absolute atomic E-state index is 12.1. The minimum absolute atomic E-state index is 0.202. The lowest BCUT2D eigenvalue weighted by molar-refractivity contribution is -0.118. The smallest absolute Gasteiger partial charge is 0.219 e. The highest BCUT2D eigenvalue weighted by Gasteiger charge is 2.19. The van der Waals surface area contributed by atoms with Crippen LogP contribution in [-0.4, -0.2) is 64.3 Å². The molecule has 1 amide bonds. The summed E-state index contributed by atoms with van der Waals surface area (Å²) in [6.45, 7) is 8.78. The summed E-state index contributed by atoms with van der Waals surface area (Å²) >= 11 is 1.70. The fourth-order valence-corrected chi connectivity index (χ4v) is 6.44. The summed E-state index contributed by atoms with van der Waals surface area (Å²) in [5.41, 5.74) is 12.0. The van der Waals surface area contributed by atoms with Crippen molar-refractivity contribution in [2.45, 2.75) is 45.8 Å². The Hall–Kier alpha value is -3.99. The van der Waals surface area contributed by atoms with Crippen LogP contribution in [0.2, 0.25) is 0 Å². The molecule has 0 aliphatic rings. The Morgan fingerprint density at radius 3 is 2.53 bits per heavy atom. The molecule has 0 saturated carbocycles. The molecule has 0 aliphatic heterocycles. The number of carbonyl (C=O) groups excluding carboxylic acids is 1. The standard InChI is InChI=1S/C33H42N8OS/c1-5-40(6-2)25-11-8-23(9-12-25)33-37-29-20-24(10-14-30(29)41(33)19-7-18-39(3)4)28(21-32(34)42)35-22-26-13-15-31(43-26)27-16-17-36-38-27/h8-17,20,28,35H,5-7,18-19,21-22H2,1-4H3,(H2,34,42)(H,36,38). The van der Waals surface area contributed by atoms with Gasteiger partial charge in [-0.3, -0.25) is 9.89 Å². The molecule has 4 N–H and O–H groups in total. The van der Waals surface area contributed by atoms with Crippen LogP contribution in [0.4, 0.5) is 5.69 Å². The van der Waals surface area contributed by atoms with Crippen molar-refractivity contribution in [1.29, 1.82) is 0 Å². The molecule has 0 fully saturated rings. The first-order valence-electron chi connectivity index (χ1n) is 15.0. The first-order valence-corrected chi connectivity index (χ1v) is 15.8. The molecule has 5 aromatic rings. The van der Waals surface area contributed by atoms with Crippen molar-refractivity contribution in [3.63, 3.8) is 0 Å². The summed E-state index contributed by atoms with van der Waals surface area (Å²) in [5.74, 6) is 0.617. The lowest BCUT2D eigenvalue weighted by atomic mass is 10.0. The van der Waals surface area contributed by atoms with Gasteiger partial charge in [0.25, 0.3) is 0 Å². The molecule has 43 heavy (non-hydrogen) atoms. The average Bonchev–Trinajstić information content (AvgIpc) is 3.76. The second-order valence-electron chi connectivity index (χ2n) is 11.1. The van der Waals surface area contributed by atoms with Gasteiger partial charge in [-0.25, -0.2) is 4.98 Å². The van der Waals surface area contributed by atoms with Gasteiger partial charge in [0.2, 0.25) is 5.91 Å². The van der Waals surface area contributed by atoms with E-state index in [1.165, 1.54) is 10.6 Å². The van der Waals surface area contributed by atoms with Gasteiger partial charge in [0.05, 0.1) is 21.6 Å². The van der Waals surface area contributed by atoms with Crippen molar-refractivity contribution in [2.24, 2.45) is 5.73 Å². The van der Waals surface area contributed by atoms with Gasteiger partial charge in [-0.2, -0.15) is 5.10 Å². The van der Waals surface area contributed by atoms with Crippen molar-refractivity contribution in [1.82, 2.24) is 30.0 Å². The van der Waals surface area contributed by atoms with Gasteiger partial charge < -0.3 is 25.4 Å². The number of primary amides is 1. The summed E-state index contributed by atoms with van der Waals surface area (Å²) < 4.78 is 2.33. The number of anilines is 1. The molecular weight excluding hydrogens is 556 g/mol. The number of thiophene rings is 1. The molecule has 0 spiro atoms. The number of hydrogen-bond donors (Lipinski definition) is 3. The molecule has 0 radical (unpaired) electrons. The van der Waals surface area contributed by atoms with E-state index in [-0.39, 0.29) is 18.4 Å². The number of fused-ring (bicyclic) bond motifs is 1. The Bertz CT molecular complexity index is 1620. The van der Waals surface area contributed by atoms with E-state index < -0.39 is 0 Å². The fourth-order valence-electron chi connectivity index (χ4n) is 5.51. The lowest BCUT2D eigenvalue weighted by Crippen LogP contribution is -2.26. The normalized spacial score (nSPS) is 12.3. The Kier molecular flexibility index (Phi) is 9.91. The maximum Gasteiger partial charge on any atom is 0.219 e. The molecule has 3 heterocycles. The number of amides is 1. The van der Waals surface area contributed by atoms with E-state index in [4.69, 9.17) is 10.7 Å². The lowest BCUT2D eigenvalue weighted by Gasteiger charge is -2.21. The van der Waals surface area contributed by atoms with Crippen molar-refractivity contribution in [3.05, 3.63) is 77.3 Å². The van der Waals surface area contributed by atoms with Crippen molar-refractivity contribution in [3.8, 4) is 22.0 Å². The molecular formula is C33H42N8OS. The number of nitrogens with zero attached hydrogens (tertiary/aromatic N) is 5. The van der Waals surface area contributed by atoms with Gasteiger partial charge in [-0.1, -0.05) is 6.07 Å². The maximum atomic E-state index is 12.1. The molecule has 2 aromatic carbocycles. The molecule has 10 heteroatoms. The number of H-pyrrole nitrogens is 1. The summed E-state index contributed by atoms with van der Waals surface area (Å²) in [6.07, 6.45) is 2.97. The first-order chi connectivity index (χ1) is 20.9. The van der Waals surface area contributed by atoms with Crippen LogP contribution >= 0.6 is 11.3 Å². The van der Waals surface area contributed by atoms with E-state index >= 15 is 0 Å². The zero-order valence-electron chi connectivity index (χ0n) is 25.5.